The second-order valence-corrected chi connectivity index (χ2v) is 8.04. The van der Waals surface area contributed by atoms with Crippen LogP contribution in [0.3, 0.4) is 0 Å². The molecule has 2 N–H and O–H groups in total. The van der Waals surface area contributed by atoms with E-state index in [1.165, 1.54) is 0 Å². The van der Waals surface area contributed by atoms with Gasteiger partial charge in [-0.05, 0) is 38.1 Å². The molecule has 0 saturated carbocycles. The third-order valence-corrected chi connectivity index (χ3v) is 5.66. The van der Waals surface area contributed by atoms with Crippen molar-refractivity contribution in [3.8, 4) is 0 Å². The Balaban J connectivity index is 1.55. The van der Waals surface area contributed by atoms with E-state index in [9.17, 15) is 18.4 Å². The average Bonchev–Trinajstić information content (AvgIpc) is 3.08. The molecule has 0 unspecified atom stereocenters. The number of amides is 2. The number of nitrogens with zero attached hydrogens (tertiary/aromatic N) is 2. The first-order valence-electron chi connectivity index (χ1n) is 9.83. The predicted molar refractivity (Wildman–Crippen MR) is 121 cm³/mol. The summed E-state index contributed by atoms with van der Waals surface area (Å²) in [6.07, 6.45) is 0. The number of halogens is 2. The Morgan fingerprint density at radius 2 is 1.79 bits per heavy atom. The van der Waals surface area contributed by atoms with Gasteiger partial charge in [0.05, 0.1) is 16.8 Å². The summed E-state index contributed by atoms with van der Waals surface area (Å²) < 4.78 is 32.5. The van der Waals surface area contributed by atoms with E-state index in [1.807, 2.05) is 6.92 Å². The Kier molecular flexibility index (Phi) is 6.36. The molecule has 2 aromatic heterocycles. The van der Waals surface area contributed by atoms with Crippen LogP contribution >= 0.6 is 11.8 Å². The first kappa shape index (κ1) is 22.4. The molecule has 2 aromatic carbocycles. The smallest absolute Gasteiger partial charge is 0.256 e. The molecular formula is C23H18F2N4O3S. The lowest BCUT2D eigenvalue weighted by atomic mass is 10.2. The van der Waals surface area contributed by atoms with Gasteiger partial charge in [0.2, 0.25) is 11.6 Å². The zero-order valence-corrected chi connectivity index (χ0v) is 18.4. The highest BCUT2D eigenvalue weighted by Crippen LogP contribution is 2.31. The van der Waals surface area contributed by atoms with Gasteiger partial charge in [0.15, 0.2) is 5.16 Å². The van der Waals surface area contributed by atoms with Gasteiger partial charge < -0.3 is 15.1 Å². The number of anilines is 2. The summed E-state index contributed by atoms with van der Waals surface area (Å²) in [7, 11) is 0. The fourth-order valence-electron chi connectivity index (χ4n) is 3.06. The molecule has 7 nitrogen and oxygen atoms in total. The molecule has 0 spiro atoms. The lowest BCUT2D eigenvalue weighted by Gasteiger charge is -2.09. The van der Waals surface area contributed by atoms with Gasteiger partial charge in [-0.2, -0.15) is 4.98 Å². The van der Waals surface area contributed by atoms with E-state index in [0.29, 0.717) is 22.8 Å². The van der Waals surface area contributed by atoms with Crippen LogP contribution in [-0.2, 0) is 4.79 Å². The lowest BCUT2D eigenvalue weighted by molar-refractivity contribution is -0.113. The maximum atomic E-state index is 13.8. The zero-order valence-electron chi connectivity index (χ0n) is 17.6. The van der Waals surface area contributed by atoms with Crippen LogP contribution in [0.15, 0.2) is 58.1 Å². The van der Waals surface area contributed by atoms with E-state index in [-0.39, 0.29) is 34.0 Å². The first-order valence-corrected chi connectivity index (χ1v) is 10.8. The standard InChI is InChI=1S/C23H18F2N4O3S/c1-12-13(2)32-22-19(12)20(27-21(31)14-6-4-3-5-7-14)28-23(29-22)33-11-18(30)26-17-9-8-15(24)10-16(17)25/h3-10H,11H2,1-2H3,(H,26,30)(H,27,28,29,31). The van der Waals surface area contributed by atoms with Crippen LogP contribution in [0.5, 0.6) is 0 Å². The van der Waals surface area contributed by atoms with Crippen LogP contribution in [0.4, 0.5) is 20.3 Å². The van der Waals surface area contributed by atoms with Gasteiger partial charge in [0.25, 0.3) is 5.91 Å². The Morgan fingerprint density at radius 1 is 1.03 bits per heavy atom. The molecule has 0 radical (unpaired) electrons. The average molecular weight is 468 g/mol. The van der Waals surface area contributed by atoms with Crippen molar-refractivity contribution in [1.82, 2.24) is 9.97 Å². The molecule has 0 fully saturated rings. The van der Waals surface area contributed by atoms with Crippen LogP contribution in [0, 0.1) is 25.5 Å². The molecule has 33 heavy (non-hydrogen) atoms. The molecule has 0 atom stereocenters. The molecule has 4 rings (SSSR count). The van der Waals surface area contributed by atoms with E-state index in [1.54, 1.807) is 37.3 Å². The van der Waals surface area contributed by atoms with Gasteiger partial charge in [0.1, 0.15) is 23.2 Å². The Labute approximate surface area is 191 Å². The van der Waals surface area contributed by atoms with Crippen LogP contribution in [0.2, 0.25) is 0 Å². The number of carbonyl (C=O) groups is 2. The summed E-state index contributed by atoms with van der Waals surface area (Å²) in [6.45, 7) is 3.61. The van der Waals surface area contributed by atoms with Gasteiger partial charge in [-0.15, -0.1) is 0 Å². The molecule has 0 aliphatic heterocycles. The van der Waals surface area contributed by atoms with Crippen molar-refractivity contribution >= 4 is 46.2 Å². The molecule has 0 aliphatic carbocycles. The summed E-state index contributed by atoms with van der Waals surface area (Å²) in [5.74, 6) is -1.76. The van der Waals surface area contributed by atoms with Gasteiger partial charge in [-0.3, -0.25) is 9.59 Å². The van der Waals surface area contributed by atoms with Crippen molar-refractivity contribution in [3.05, 3.63) is 77.1 Å². The van der Waals surface area contributed by atoms with Gasteiger partial charge in [0, 0.05) is 17.2 Å². The number of hydrogen-bond donors (Lipinski definition) is 2. The predicted octanol–water partition coefficient (Wildman–Crippen LogP) is 5.10. The van der Waals surface area contributed by atoms with Crippen LogP contribution in [0.1, 0.15) is 21.7 Å². The SMILES string of the molecule is Cc1oc2nc(SCC(=O)Nc3ccc(F)cc3F)nc(NC(=O)c3ccccc3)c2c1C. The number of aromatic nitrogens is 2. The maximum absolute atomic E-state index is 13.8. The van der Waals surface area contributed by atoms with Crippen LogP contribution in [0.25, 0.3) is 11.1 Å². The first-order chi connectivity index (χ1) is 15.8. The Morgan fingerprint density at radius 3 is 2.52 bits per heavy atom. The second kappa shape index (κ2) is 9.37. The van der Waals surface area contributed by atoms with Crippen molar-refractivity contribution in [2.45, 2.75) is 19.0 Å². The number of aryl methyl sites for hydroxylation is 2. The summed E-state index contributed by atoms with van der Waals surface area (Å²) in [4.78, 5) is 33.7. The normalized spacial score (nSPS) is 10.9. The number of nitrogens with one attached hydrogen (secondary N) is 2. The van der Waals surface area contributed by atoms with E-state index >= 15 is 0 Å². The minimum atomic E-state index is -0.876. The number of hydrogen-bond acceptors (Lipinski definition) is 6. The molecule has 10 heteroatoms. The third-order valence-electron chi connectivity index (χ3n) is 4.81. The number of furan rings is 1. The fraction of sp³-hybridized carbons (Fsp3) is 0.130. The van der Waals surface area contributed by atoms with Gasteiger partial charge >= 0.3 is 0 Å². The van der Waals surface area contributed by atoms with Crippen molar-refractivity contribution in [2.75, 3.05) is 16.4 Å². The zero-order chi connectivity index (χ0) is 23.5. The minimum absolute atomic E-state index is 0.133. The summed E-state index contributed by atoms with van der Waals surface area (Å²) in [6, 6.07) is 11.5. The van der Waals surface area contributed by atoms with Crippen molar-refractivity contribution in [1.29, 1.82) is 0 Å². The highest BCUT2D eigenvalue weighted by molar-refractivity contribution is 7.99. The topological polar surface area (TPSA) is 97.1 Å². The number of benzene rings is 2. The molecule has 168 valence electrons. The summed E-state index contributed by atoms with van der Waals surface area (Å²) >= 11 is 0.982. The largest absolute Gasteiger partial charge is 0.443 e. The van der Waals surface area contributed by atoms with E-state index < -0.39 is 17.5 Å². The number of carbonyl (C=O) groups excluding carboxylic acids is 2. The number of rotatable bonds is 6. The molecule has 4 aromatic rings. The van der Waals surface area contributed by atoms with Crippen molar-refractivity contribution in [3.63, 3.8) is 0 Å². The maximum Gasteiger partial charge on any atom is 0.256 e. The Hall–Kier alpha value is -3.79. The molecule has 2 heterocycles. The monoisotopic (exact) mass is 468 g/mol. The molecule has 2 amide bonds. The molecule has 0 aliphatic rings. The number of fused-ring (bicyclic) bond motifs is 1. The molecule has 0 saturated heterocycles. The van der Waals surface area contributed by atoms with Gasteiger partial charge in [-0.1, -0.05) is 30.0 Å². The lowest BCUT2D eigenvalue weighted by Crippen LogP contribution is -2.16. The summed E-state index contributed by atoms with van der Waals surface area (Å²) in [5, 5.41) is 5.92. The van der Waals surface area contributed by atoms with Crippen molar-refractivity contribution < 1.29 is 22.8 Å². The fourth-order valence-corrected chi connectivity index (χ4v) is 3.70. The van der Waals surface area contributed by atoms with Crippen LogP contribution in [-0.4, -0.2) is 27.5 Å². The third kappa shape index (κ3) is 5.01. The highest BCUT2D eigenvalue weighted by Gasteiger charge is 2.19. The van der Waals surface area contributed by atoms with E-state index in [4.69, 9.17) is 4.42 Å². The van der Waals surface area contributed by atoms with Crippen molar-refractivity contribution in [2.24, 2.45) is 0 Å². The quantitative estimate of drug-likeness (QED) is 0.302. The minimum Gasteiger partial charge on any atom is -0.443 e. The van der Waals surface area contributed by atoms with E-state index in [2.05, 4.69) is 20.6 Å². The second-order valence-electron chi connectivity index (χ2n) is 7.10. The Bertz CT molecular complexity index is 1360. The summed E-state index contributed by atoms with van der Waals surface area (Å²) in [5.41, 5.74) is 1.38. The highest BCUT2D eigenvalue weighted by atomic mass is 32.2. The van der Waals surface area contributed by atoms with Crippen LogP contribution < -0.4 is 10.6 Å². The van der Waals surface area contributed by atoms with Gasteiger partial charge in [-0.25, -0.2) is 13.8 Å². The number of thioether (sulfide) groups is 1. The molecular weight excluding hydrogens is 450 g/mol. The molecule has 0 bridgehead atoms. The van der Waals surface area contributed by atoms with E-state index in [0.717, 1.165) is 29.5 Å².